The second kappa shape index (κ2) is 14.4. The number of rotatable bonds is 8. The summed E-state index contributed by atoms with van der Waals surface area (Å²) in [5.74, 6) is -0.846. The van der Waals surface area contributed by atoms with E-state index in [1.165, 1.54) is 79.4 Å². The number of hydrogen-bond acceptors (Lipinski definition) is 9. The number of alkyl halides is 6. The lowest BCUT2D eigenvalue weighted by Crippen LogP contribution is -2.17. The maximum absolute atomic E-state index is 12.2. The molecule has 5 rings (SSSR count). The van der Waals surface area contributed by atoms with E-state index in [0.29, 0.717) is 34.3 Å². The molecule has 0 aliphatic heterocycles. The molecular formula is C29H19ClF6N6O4. The first-order valence-electron chi connectivity index (χ1n) is 12.6. The van der Waals surface area contributed by atoms with Crippen molar-refractivity contribution in [3.8, 4) is 22.8 Å². The molecule has 0 saturated carbocycles. The summed E-state index contributed by atoms with van der Waals surface area (Å²) < 4.78 is 80.0. The number of ether oxygens (including phenoxy) is 2. The van der Waals surface area contributed by atoms with Crippen LogP contribution in [0.1, 0.15) is 10.4 Å². The number of halogens is 7. The third-order valence-electron chi connectivity index (χ3n) is 5.43. The minimum atomic E-state index is -4.75. The Bertz CT molecular complexity index is 1770. The van der Waals surface area contributed by atoms with Gasteiger partial charge in [-0.05, 0) is 60.7 Å². The summed E-state index contributed by atoms with van der Waals surface area (Å²) in [7, 11) is 0. The van der Waals surface area contributed by atoms with E-state index in [0.717, 1.165) is 0 Å². The quantitative estimate of drug-likeness (QED) is 0.110. The minimum absolute atomic E-state index is 0.126. The molecule has 0 fully saturated rings. The topological polar surface area (TPSA) is 131 Å². The molecule has 3 aromatic carbocycles. The fourth-order valence-corrected chi connectivity index (χ4v) is 3.72. The lowest BCUT2D eigenvalue weighted by molar-refractivity contribution is -0.275. The first-order chi connectivity index (χ1) is 21.7. The summed E-state index contributed by atoms with van der Waals surface area (Å²) in [6.07, 6.45) is -6.88. The molecule has 0 amide bonds. The number of anilines is 4. The average molecular weight is 665 g/mol. The normalized spacial score (nSPS) is 11.1. The Hall–Kier alpha value is -5.64. The first kappa shape index (κ1) is 33.3. The zero-order valence-corrected chi connectivity index (χ0v) is 23.6. The number of nitrogens with one attached hydrogen (secondary N) is 2. The molecular weight excluding hydrogens is 646 g/mol. The maximum atomic E-state index is 12.2. The van der Waals surface area contributed by atoms with Gasteiger partial charge in [-0.15, -0.1) is 26.3 Å². The van der Waals surface area contributed by atoms with Crippen LogP contribution in [0, 0.1) is 0 Å². The van der Waals surface area contributed by atoms with E-state index in [9.17, 15) is 31.1 Å². The van der Waals surface area contributed by atoms with Gasteiger partial charge in [0.15, 0.2) is 0 Å². The van der Waals surface area contributed by atoms with Crippen LogP contribution in [0.4, 0.5) is 49.4 Å². The van der Waals surface area contributed by atoms with Crippen LogP contribution in [0.2, 0.25) is 5.15 Å². The zero-order valence-electron chi connectivity index (χ0n) is 22.8. The van der Waals surface area contributed by atoms with Crippen molar-refractivity contribution in [3.05, 3.63) is 108 Å². The van der Waals surface area contributed by atoms with Gasteiger partial charge in [-0.25, -0.2) is 24.7 Å². The zero-order chi connectivity index (χ0) is 33.3. The molecule has 2 heterocycles. The van der Waals surface area contributed by atoms with Crippen molar-refractivity contribution < 1.29 is 45.7 Å². The summed E-state index contributed by atoms with van der Waals surface area (Å²) in [5, 5.41) is 15.1. The minimum Gasteiger partial charge on any atom is -0.478 e. The Balaban J connectivity index is 0.000000222. The van der Waals surface area contributed by atoms with E-state index in [1.807, 2.05) is 0 Å². The summed E-state index contributed by atoms with van der Waals surface area (Å²) >= 11 is 5.67. The molecule has 0 radical (unpaired) electrons. The second-order valence-electron chi connectivity index (χ2n) is 8.79. The number of nitrogens with zero attached hydrogens (tertiary/aromatic N) is 4. The van der Waals surface area contributed by atoms with Gasteiger partial charge in [0.25, 0.3) is 0 Å². The number of aromatic carboxylic acids is 1. The molecule has 0 aliphatic rings. The van der Waals surface area contributed by atoms with Gasteiger partial charge in [0, 0.05) is 29.1 Å². The lowest BCUT2D eigenvalue weighted by atomic mass is 10.1. The van der Waals surface area contributed by atoms with Gasteiger partial charge in [-0.1, -0.05) is 23.7 Å². The number of carbonyl (C=O) groups is 1. The van der Waals surface area contributed by atoms with Crippen molar-refractivity contribution in [1.82, 2.24) is 19.9 Å². The van der Waals surface area contributed by atoms with Gasteiger partial charge in [0.1, 0.15) is 40.9 Å². The molecule has 238 valence electrons. The SMILES string of the molecule is FC(F)(F)Oc1ccc(Nc2cc(Cl)ncn2)cc1.O=C(O)c1cccc(-c2cc(Nc3ccc(OC(F)(F)F)cc3)ncn2)c1. The molecule has 0 spiro atoms. The van der Waals surface area contributed by atoms with E-state index in [1.54, 1.807) is 18.2 Å². The Morgan fingerprint density at radius 3 is 1.65 bits per heavy atom. The number of benzene rings is 3. The fraction of sp³-hybridized carbons (Fsp3) is 0.0690. The Kier molecular flexibility index (Phi) is 10.4. The van der Waals surface area contributed by atoms with Gasteiger partial charge in [-0.3, -0.25) is 0 Å². The highest BCUT2D eigenvalue weighted by Gasteiger charge is 2.31. The van der Waals surface area contributed by atoms with Crippen LogP contribution in [-0.2, 0) is 0 Å². The van der Waals surface area contributed by atoms with Crippen LogP contribution in [0.5, 0.6) is 11.5 Å². The first-order valence-corrected chi connectivity index (χ1v) is 13.0. The van der Waals surface area contributed by atoms with Gasteiger partial charge in [0.2, 0.25) is 0 Å². The monoisotopic (exact) mass is 664 g/mol. The predicted molar refractivity (Wildman–Crippen MR) is 154 cm³/mol. The van der Waals surface area contributed by atoms with Crippen LogP contribution in [0.15, 0.2) is 97.6 Å². The molecule has 0 atom stereocenters. The van der Waals surface area contributed by atoms with Crippen LogP contribution in [0.3, 0.4) is 0 Å². The van der Waals surface area contributed by atoms with Gasteiger partial charge in [0.05, 0.1) is 11.3 Å². The molecule has 10 nitrogen and oxygen atoms in total. The van der Waals surface area contributed by atoms with E-state index >= 15 is 0 Å². The third-order valence-corrected chi connectivity index (χ3v) is 5.63. The van der Waals surface area contributed by atoms with Crippen LogP contribution in [0.25, 0.3) is 11.3 Å². The summed E-state index contributed by atoms with van der Waals surface area (Å²) in [5.41, 5.74) is 2.25. The van der Waals surface area contributed by atoms with Crippen LogP contribution in [-0.4, -0.2) is 43.7 Å². The second-order valence-corrected chi connectivity index (χ2v) is 9.18. The molecule has 17 heteroatoms. The van der Waals surface area contributed by atoms with E-state index in [4.69, 9.17) is 16.7 Å². The van der Waals surface area contributed by atoms with E-state index in [-0.39, 0.29) is 22.2 Å². The standard InChI is InChI=1S/C18H12F3N3O3.C11H7ClF3N3O/c19-18(20,21)27-14-6-4-13(5-7-14)24-16-9-15(22-10-23-16)11-2-1-3-12(8-11)17(25)26;12-9-5-10(17-6-16-9)18-7-1-3-8(4-2-7)19-11(13,14)15/h1-10H,(H,25,26)(H,22,23,24);1-6H,(H,16,17,18). The molecule has 0 bridgehead atoms. The molecule has 46 heavy (non-hydrogen) atoms. The van der Waals surface area contributed by atoms with Crippen molar-refractivity contribution in [1.29, 1.82) is 0 Å². The predicted octanol–water partition coefficient (Wildman–Crippen LogP) is 8.26. The van der Waals surface area contributed by atoms with Crippen molar-refractivity contribution in [2.75, 3.05) is 10.6 Å². The molecule has 3 N–H and O–H groups in total. The summed E-state index contributed by atoms with van der Waals surface area (Å²) in [4.78, 5) is 26.9. The van der Waals surface area contributed by atoms with Gasteiger partial charge < -0.3 is 25.2 Å². The van der Waals surface area contributed by atoms with E-state index < -0.39 is 18.7 Å². The maximum Gasteiger partial charge on any atom is 0.573 e. The molecule has 0 unspecified atom stereocenters. The number of carboxylic acid groups (broad SMARTS) is 1. The highest BCUT2D eigenvalue weighted by Crippen LogP contribution is 2.27. The molecule has 5 aromatic rings. The summed E-state index contributed by atoms with van der Waals surface area (Å²) in [6.45, 7) is 0. The third kappa shape index (κ3) is 10.8. The smallest absolute Gasteiger partial charge is 0.478 e. The van der Waals surface area contributed by atoms with Crippen molar-refractivity contribution in [2.24, 2.45) is 0 Å². The van der Waals surface area contributed by atoms with Crippen molar-refractivity contribution in [2.45, 2.75) is 12.7 Å². The fourth-order valence-electron chi connectivity index (χ4n) is 3.57. The summed E-state index contributed by atoms with van der Waals surface area (Å²) in [6, 6.07) is 19.8. The Labute approximate surface area is 260 Å². The average Bonchev–Trinajstić information content (AvgIpc) is 2.98. The Morgan fingerprint density at radius 2 is 1.17 bits per heavy atom. The van der Waals surface area contributed by atoms with Crippen molar-refractivity contribution >= 4 is 40.6 Å². The molecule has 2 aromatic heterocycles. The van der Waals surface area contributed by atoms with Gasteiger partial charge in [-0.2, -0.15) is 0 Å². The lowest BCUT2D eigenvalue weighted by Gasteiger charge is -2.10. The van der Waals surface area contributed by atoms with Crippen LogP contribution < -0.4 is 20.1 Å². The van der Waals surface area contributed by atoms with Gasteiger partial charge >= 0.3 is 18.7 Å². The van der Waals surface area contributed by atoms with Crippen LogP contribution >= 0.6 is 11.6 Å². The molecule has 0 saturated heterocycles. The number of aromatic nitrogens is 4. The Morgan fingerprint density at radius 1 is 0.674 bits per heavy atom. The highest BCUT2D eigenvalue weighted by molar-refractivity contribution is 6.29. The largest absolute Gasteiger partial charge is 0.573 e. The highest BCUT2D eigenvalue weighted by atomic mass is 35.5. The van der Waals surface area contributed by atoms with Crippen molar-refractivity contribution in [3.63, 3.8) is 0 Å². The molecule has 0 aliphatic carbocycles. The van der Waals surface area contributed by atoms with E-state index in [2.05, 4.69) is 40.0 Å². The number of carboxylic acids is 1. The number of hydrogen-bond donors (Lipinski definition) is 3.